The summed E-state index contributed by atoms with van der Waals surface area (Å²) in [5.74, 6) is -5.93. The molecule has 0 unspecified atom stereocenters. The molecule has 7 heteroatoms. The molecule has 0 atom stereocenters. The SMILES string of the molecule is O=C(O)C(F)(F)Cn1cnnc1. The van der Waals surface area contributed by atoms with Crippen LogP contribution in [0.25, 0.3) is 0 Å². The van der Waals surface area contributed by atoms with Crippen LogP contribution >= 0.6 is 0 Å². The minimum Gasteiger partial charge on any atom is -0.477 e. The van der Waals surface area contributed by atoms with Crippen molar-refractivity contribution in [2.24, 2.45) is 0 Å². The van der Waals surface area contributed by atoms with E-state index in [2.05, 4.69) is 10.2 Å². The molecule has 0 aliphatic rings. The van der Waals surface area contributed by atoms with Gasteiger partial charge in [0.2, 0.25) is 0 Å². The predicted octanol–water partition coefficient (Wildman–Crippen LogP) is -0.00200. The van der Waals surface area contributed by atoms with Crippen LogP contribution in [0.1, 0.15) is 0 Å². The molecule has 0 saturated carbocycles. The number of aliphatic carboxylic acids is 1. The van der Waals surface area contributed by atoms with Gasteiger partial charge in [-0.25, -0.2) is 4.79 Å². The van der Waals surface area contributed by atoms with Crippen LogP contribution in [0.5, 0.6) is 0 Å². The van der Waals surface area contributed by atoms with Crippen molar-refractivity contribution in [3.63, 3.8) is 0 Å². The third-order valence-corrected chi connectivity index (χ3v) is 1.16. The van der Waals surface area contributed by atoms with E-state index in [9.17, 15) is 13.6 Å². The van der Waals surface area contributed by atoms with Crippen LogP contribution in [0.15, 0.2) is 12.7 Å². The first kappa shape index (κ1) is 8.57. The summed E-state index contributed by atoms with van der Waals surface area (Å²) in [5.41, 5.74) is 0. The summed E-state index contributed by atoms with van der Waals surface area (Å²) in [6.07, 6.45) is 2.05. The molecule has 1 heterocycles. The second kappa shape index (κ2) is 2.84. The molecular formula is C5H5F2N3O2. The first-order valence-corrected chi connectivity index (χ1v) is 2.96. The molecular weight excluding hydrogens is 172 g/mol. The largest absolute Gasteiger partial charge is 0.477 e. The Hall–Kier alpha value is -1.53. The number of carboxylic acids is 1. The van der Waals surface area contributed by atoms with E-state index in [0.29, 0.717) is 0 Å². The Morgan fingerprint density at radius 1 is 1.50 bits per heavy atom. The molecule has 1 aromatic heterocycles. The molecule has 66 valence electrons. The van der Waals surface area contributed by atoms with Gasteiger partial charge in [-0.2, -0.15) is 8.78 Å². The Morgan fingerprint density at radius 3 is 2.42 bits per heavy atom. The lowest BCUT2D eigenvalue weighted by Crippen LogP contribution is -2.32. The summed E-state index contributed by atoms with van der Waals surface area (Å²) in [6, 6.07) is 0. The summed E-state index contributed by atoms with van der Waals surface area (Å²) in [4.78, 5) is 9.94. The van der Waals surface area contributed by atoms with Crippen LogP contribution in [-0.2, 0) is 11.3 Å². The van der Waals surface area contributed by atoms with Crippen molar-refractivity contribution in [1.29, 1.82) is 0 Å². The minimum atomic E-state index is -3.78. The van der Waals surface area contributed by atoms with Crippen LogP contribution < -0.4 is 0 Å². The Bertz CT molecular complexity index is 272. The summed E-state index contributed by atoms with van der Waals surface area (Å²) >= 11 is 0. The van der Waals surface area contributed by atoms with Gasteiger partial charge in [0.15, 0.2) is 0 Å². The zero-order valence-electron chi connectivity index (χ0n) is 5.81. The smallest absolute Gasteiger partial charge is 0.376 e. The number of hydrogen-bond donors (Lipinski definition) is 1. The quantitative estimate of drug-likeness (QED) is 0.705. The van der Waals surface area contributed by atoms with Crippen molar-refractivity contribution in [1.82, 2.24) is 14.8 Å². The topological polar surface area (TPSA) is 68.0 Å². The highest BCUT2D eigenvalue weighted by molar-refractivity contribution is 5.75. The van der Waals surface area contributed by atoms with Crippen LogP contribution in [0, 0.1) is 0 Å². The maximum Gasteiger partial charge on any atom is 0.376 e. The number of hydrogen-bond acceptors (Lipinski definition) is 3. The van der Waals surface area contributed by atoms with E-state index < -0.39 is 18.4 Å². The van der Waals surface area contributed by atoms with Crippen LogP contribution in [-0.4, -0.2) is 31.8 Å². The Labute approximate surface area is 65.6 Å². The first-order valence-electron chi connectivity index (χ1n) is 2.96. The van der Waals surface area contributed by atoms with Gasteiger partial charge < -0.3 is 9.67 Å². The Kier molecular flexibility index (Phi) is 2.03. The summed E-state index contributed by atoms with van der Waals surface area (Å²) in [5, 5.41) is 14.5. The molecule has 12 heavy (non-hydrogen) atoms. The number of alkyl halides is 2. The second-order valence-electron chi connectivity index (χ2n) is 2.14. The molecule has 0 aliphatic carbocycles. The molecule has 1 rings (SSSR count). The van der Waals surface area contributed by atoms with Crippen molar-refractivity contribution in [3.05, 3.63) is 12.7 Å². The molecule has 0 fully saturated rings. The molecule has 0 saturated heterocycles. The van der Waals surface area contributed by atoms with E-state index >= 15 is 0 Å². The highest BCUT2D eigenvalue weighted by atomic mass is 19.3. The highest BCUT2D eigenvalue weighted by Crippen LogP contribution is 2.15. The molecule has 0 aliphatic heterocycles. The summed E-state index contributed by atoms with van der Waals surface area (Å²) in [7, 11) is 0. The second-order valence-corrected chi connectivity index (χ2v) is 2.14. The average molecular weight is 177 g/mol. The van der Waals surface area contributed by atoms with Gasteiger partial charge in [0.1, 0.15) is 19.2 Å². The van der Waals surface area contributed by atoms with Gasteiger partial charge in [-0.15, -0.1) is 10.2 Å². The summed E-state index contributed by atoms with van der Waals surface area (Å²) < 4.78 is 25.8. The van der Waals surface area contributed by atoms with E-state index in [1.165, 1.54) is 0 Å². The van der Waals surface area contributed by atoms with E-state index in [1.54, 1.807) is 0 Å². The van der Waals surface area contributed by atoms with Gasteiger partial charge in [0, 0.05) is 0 Å². The van der Waals surface area contributed by atoms with Gasteiger partial charge in [-0.1, -0.05) is 0 Å². The number of halogens is 2. The van der Waals surface area contributed by atoms with Gasteiger partial charge in [-0.3, -0.25) is 0 Å². The average Bonchev–Trinajstić information content (AvgIpc) is 2.38. The fraction of sp³-hybridized carbons (Fsp3) is 0.400. The number of aromatic nitrogens is 3. The maximum atomic E-state index is 12.4. The van der Waals surface area contributed by atoms with Crippen LogP contribution in [0.4, 0.5) is 8.78 Å². The third kappa shape index (κ3) is 1.74. The lowest BCUT2D eigenvalue weighted by molar-refractivity contribution is -0.166. The number of carbonyl (C=O) groups is 1. The molecule has 0 radical (unpaired) electrons. The Balaban J connectivity index is 2.69. The van der Waals surface area contributed by atoms with E-state index in [1.807, 2.05) is 0 Å². The van der Waals surface area contributed by atoms with Gasteiger partial charge in [0.05, 0.1) is 0 Å². The van der Waals surface area contributed by atoms with Gasteiger partial charge >= 0.3 is 11.9 Å². The monoisotopic (exact) mass is 177 g/mol. The lowest BCUT2D eigenvalue weighted by atomic mass is 10.3. The maximum absolute atomic E-state index is 12.4. The minimum absolute atomic E-state index is 0.897. The van der Waals surface area contributed by atoms with E-state index in [0.717, 1.165) is 17.2 Å². The van der Waals surface area contributed by atoms with Crippen LogP contribution in [0.2, 0.25) is 0 Å². The van der Waals surface area contributed by atoms with Crippen molar-refractivity contribution < 1.29 is 18.7 Å². The Morgan fingerprint density at radius 2 is 2.00 bits per heavy atom. The normalized spacial score (nSPS) is 11.5. The zero-order chi connectivity index (χ0) is 9.19. The molecule has 0 aromatic carbocycles. The molecule has 0 bridgehead atoms. The number of rotatable bonds is 3. The molecule has 1 aromatic rings. The molecule has 5 nitrogen and oxygen atoms in total. The third-order valence-electron chi connectivity index (χ3n) is 1.16. The molecule has 0 spiro atoms. The zero-order valence-corrected chi connectivity index (χ0v) is 5.81. The lowest BCUT2D eigenvalue weighted by Gasteiger charge is -2.09. The molecule has 1 N–H and O–H groups in total. The van der Waals surface area contributed by atoms with Crippen molar-refractivity contribution in [2.75, 3.05) is 0 Å². The predicted molar refractivity (Wildman–Crippen MR) is 32.6 cm³/mol. The van der Waals surface area contributed by atoms with E-state index in [4.69, 9.17) is 5.11 Å². The fourth-order valence-electron chi connectivity index (χ4n) is 0.601. The van der Waals surface area contributed by atoms with Crippen molar-refractivity contribution in [2.45, 2.75) is 12.5 Å². The number of nitrogens with zero attached hydrogens (tertiary/aromatic N) is 3. The number of carboxylic acid groups (broad SMARTS) is 1. The highest BCUT2D eigenvalue weighted by Gasteiger charge is 2.39. The van der Waals surface area contributed by atoms with Gasteiger partial charge in [-0.05, 0) is 0 Å². The van der Waals surface area contributed by atoms with E-state index in [-0.39, 0.29) is 0 Å². The fourth-order valence-corrected chi connectivity index (χ4v) is 0.601. The first-order chi connectivity index (χ1) is 5.52. The summed E-state index contributed by atoms with van der Waals surface area (Å²) in [6.45, 7) is -0.949. The molecule has 0 amide bonds. The standard InChI is InChI=1S/C5H5F2N3O2/c6-5(7,4(11)12)1-10-2-8-9-3-10/h2-3H,1H2,(H,11,12). The van der Waals surface area contributed by atoms with Crippen molar-refractivity contribution in [3.8, 4) is 0 Å². The van der Waals surface area contributed by atoms with Crippen molar-refractivity contribution >= 4 is 5.97 Å². The van der Waals surface area contributed by atoms with Gasteiger partial charge in [0.25, 0.3) is 0 Å². The van der Waals surface area contributed by atoms with Crippen LogP contribution in [0.3, 0.4) is 0 Å².